The van der Waals surface area contributed by atoms with Gasteiger partial charge in [0.1, 0.15) is 0 Å². The lowest BCUT2D eigenvalue weighted by molar-refractivity contribution is -0.120. The number of nitrogens with one attached hydrogen (secondary N) is 1. The van der Waals surface area contributed by atoms with Crippen LogP contribution < -0.4 is 5.32 Å². The molecule has 2 nitrogen and oxygen atoms in total. The summed E-state index contributed by atoms with van der Waals surface area (Å²) in [5.74, 6) is 2.90. The fourth-order valence-electron chi connectivity index (χ4n) is 2.65. The summed E-state index contributed by atoms with van der Waals surface area (Å²) in [5.41, 5.74) is 1.61. The van der Waals surface area contributed by atoms with E-state index in [1.54, 1.807) is 0 Å². The Kier molecular flexibility index (Phi) is 5.03. The van der Waals surface area contributed by atoms with Crippen molar-refractivity contribution >= 4 is 11.6 Å². The number of hydrogen-bond acceptors (Lipinski definition) is 1. The normalized spacial score (nSPS) is 17.0. The molecule has 100 valence electrons. The summed E-state index contributed by atoms with van der Waals surface area (Å²) in [5, 5.41) is 3.00. The highest BCUT2D eigenvalue weighted by Crippen LogP contribution is 2.23. The summed E-state index contributed by atoms with van der Waals surface area (Å²) in [7, 11) is 0. The Morgan fingerprint density at radius 3 is 2.53 bits per heavy atom. The largest absolute Gasteiger partial charge is 0.326 e. The van der Waals surface area contributed by atoms with E-state index in [0.717, 1.165) is 24.1 Å². The predicted molar refractivity (Wildman–Crippen MR) is 78.8 cm³/mol. The van der Waals surface area contributed by atoms with Crippen LogP contribution in [0.25, 0.3) is 0 Å². The molecule has 0 radical (unpaired) electrons. The molecule has 0 heterocycles. The highest BCUT2D eigenvalue weighted by molar-refractivity contribution is 5.92. The van der Waals surface area contributed by atoms with Crippen LogP contribution in [0.4, 0.5) is 5.69 Å². The third-order valence-corrected chi connectivity index (χ3v) is 3.77. The van der Waals surface area contributed by atoms with Crippen molar-refractivity contribution in [2.45, 2.75) is 44.9 Å². The van der Waals surface area contributed by atoms with E-state index in [4.69, 9.17) is 6.42 Å². The van der Waals surface area contributed by atoms with E-state index in [1.165, 1.54) is 32.1 Å². The summed E-state index contributed by atoms with van der Waals surface area (Å²) < 4.78 is 0. The van der Waals surface area contributed by atoms with Gasteiger partial charge >= 0.3 is 0 Å². The van der Waals surface area contributed by atoms with E-state index in [0.29, 0.717) is 0 Å². The van der Waals surface area contributed by atoms with Gasteiger partial charge in [-0.1, -0.05) is 44.1 Å². The predicted octanol–water partition coefficient (Wildman–Crippen LogP) is 3.97. The zero-order valence-electron chi connectivity index (χ0n) is 11.3. The molecule has 2 heteroatoms. The number of terminal acetylenes is 1. The minimum Gasteiger partial charge on any atom is -0.326 e. The van der Waals surface area contributed by atoms with Crippen molar-refractivity contribution in [1.29, 1.82) is 0 Å². The molecule has 0 saturated heterocycles. The van der Waals surface area contributed by atoms with Crippen LogP contribution >= 0.6 is 0 Å². The lowest BCUT2D eigenvalue weighted by atomic mass is 9.90. The van der Waals surface area contributed by atoms with Gasteiger partial charge in [0.15, 0.2) is 0 Å². The van der Waals surface area contributed by atoms with Crippen LogP contribution in [-0.4, -0.2) is 5.91 Å². The first-order valence-corrected chi connectivity index (χ1v) is 7.17. The Morgan fingerprint density at radius 1 is 1.16 bits per heavy atom. The summed E-state index contributed by atoms with van der Waals surface area (Å²) in [6.07, 6.45) is 13.6. The molecular weight excluding hydrogens is 234 g/mol. The van der Waals surface area contributed by atoms with Gasteiger partial charge in [0, 0.05) is 17.2 Å². The van der Waals surface area contributed by atoms with Gasteiger partial charge in [-0.3, -0.25) is 4.79 Å². The Labute approximate surface area is 115 Å². The zero-order valence-corrected chi connectivity index (χ0v) is 11.3. The maximum absolute atomic E-state index is 12.3. The minimum absolute atomic E-state index is 0.149. The highest BCUT2D eigenvalue weighted by Gasteiger charge is 2.19. The van der Waals surface area contributed by atoms with Crippen molar-refractivity contribution in [3.05, 3.63) is 29.8 Å². The van der Waals surface area contributed by atoms with Crippen LogP contribution in [0.3, 0.4) is 0 Å². The third-order valence-electron chi connectivity index (χ3n) is 3.77. The van der Waals surface area contributed by atoms with Gasteiger partial charge in [-0.25, -0.2) is 0 Å². The Balaban J connectivity index is 1.97. The lowest BCUT2D eigenvalue weighted by Crippen LogP contribution is -2.23. The number of anilines is 1. The fourth-order valence-corrected chi connectivity index (χ4v) is 2.65. The molecule has 1 saturated carbocycles. The van der Waals surface area contributed by atoms with Crippen molar-refractivity contribution < 1.29 is 4.79 Å². The van der Waals surface area contributed by atoms with E-state index in [1.807, 2.05) is 24.3 Å². The molecule has 2 rings (SSSR count). The maximum Gasteiger partial charge on any atom is 0.227 e. The molecule has 1 aromatic carbocycles. The van der Waals surface area contributed by atoms with Gasteiger partial charge in [0.25, 0.3) is 0 Å². The first kappa shape index (κ1) is 13.7. The molecule has 1 aliphatic carbocycles. The Morgan fingerprint density at radius 2 is 1.84 bits per heavy atom. The molecule has 0 bridgehead atoms. The number of carbonyl (C=O) groups is 1. The molecule has 0 unspecified atom stereocenters. The van der Waals surface area contributed by atoms with Crippen molar-refractivity contribution in [2.24, 2.45) is 5.92 Å². The maximum atomic E-state index is 12.3. The van der Waals surface area contributed by atoms with Gasteiger partial charge < -0.3 is 5.32 Å². The lowest BCUT2D eigenvalue weighted by Gasteiger charge is -2.19. The number of rotatable bonds is 2. The van der Waals surface area contributed by atoms with Crippen LogP contribution in [0.5, 0.6) is 0 Å². The van der Waals surface area contributed by atoms with Gasteiger partial charge in [0.2, 0.25) is 5.91 Å². The first-order chi connectivity index (χ1) is 9.29. The zero-order chi connectivity index (χ0) is 13.5. The molecule has 1 N–H and O–H groups in total. The van der Waals surface area contributed by atoms with Crippen molar-refractivity contribution in [2.75, 3.05) is 5.32 Å². The summed E-state index contributed by atoms with van der Waals surface area (Å²) in [4.78, 5) is 12.3. The van der Waals surface area contributed by atoms with Crippen molar-refractivity contribution in [3.63, 3.8) is 0 Å². The SMILES string of the molecule is C#Cc1cccc(NC(=O)C2CCCCCCC2)c1. The topological polar surface area (TPSA) is 29.1 Å². The molecule has 1 amide bonds. The van der Waals surface area contributed by atoms with Gasteiger partial charge in [0.05, 0.1) is 0 Å². The van der Waals surface area contributed by atoms with Gasteiger partial charge in [-0.05, 0) is 31.0 Å². The van der Waals surface area contributed by atoms with E-state index >= 15 is 0 Å². The summed E-state index contributed by atoms with van der Waals surface area (Å²) >= 11 is 0. The van der Waals surface area contributed by atoms with Crippen molar-refractivity contribution in [3.8, 4) is 12.3 Å². The molecule has 1 aromatic rings. The Hall–Kier alpha value is -1.75. The molecule has 0 aromatic heterocycles. The van der Waals surface area contributed by atoms with Crippen LogP contribution in [0.2, 0.25) is 0 Å². The quantitative estimate of drug-likeness (QED) is 0.796. The van der Waals surface area contributed by atoms with Crippen LogP contribution in [-0.2, 0) is 4.79 Å². The summed E-state index contributed by atoms with van der Waals surface area (Å²) in [6, 6.07) is 7.48. The molecule has 0 spiro atoms. The second-order valence-electron chi connectivity index (χ2n) is 5.26. The summed E-state index contributed by atoms with van der Waals surface area (Å²) in [6.45, 7) is 0. The van der Waals surface area contributed by atoms with E-state index in [-0.39, 0.29) is 11.8 Å². The molecule has 1 aliphatic rings. The molecule has 1 fully saturated rings. The average Bonchev–Trinajstić information content (AvgIpc) is 2.38. The van der Waals surface area contributed by atoms with Crippen LogP contribution in [0.15, 0.2) is 24.3 Å². The molecule has 0 atom stereocenters. The fraction of sp³-hybridized carbons (Fsp3) is 0.471. The van der Waals surface area contributed by atoms with Gasteiger partial charge in [-0.2, -0.15) is 0 Å². The number of amides is 1. The number of hydrogen-bond donors (Lipinski definition) is 1. The number of carbonyl (C=O) groups excluding carboxylic acids is 1. The van der Waals surface area contributed by atoms with Crippen LogP contribution in [0, 0.1) is 18.3 Å². The molecule has 19 heavy (non-hydrogen) atoms. The Bertz CT molecular complexity index is 464. The smallest absolute Gasteiger partial charge is 0.227 e. The average molecular weight is 255 g/mol. The molecule has 0 aliphatic heterocycles. The minimum atomic E-state index is 0.149. The second-order valence-corrected chi connectivity index (χ2v) is 5.26. The van der Waals surface area contributed by atoms with Crippen molar-refractivity contribution in [1.82, 2.24) is 0 Å². The monoisotopic (exact) mass is 255 g/mol. The van der Waals surface area contributed by atoms with Crippen LogP contribution in [0.1, 0.15) is 50.5 Å². The van der Waals surface area contributed by atoms with Gasteiger partial charge in [-0.15, -0.1) is 6.42 Å². The van der Waals surface area contributed by atoms with E-state index in [9.17, 15) is 4.79 Å². The number of benzene rings is 1. The first-order valence-electron chi connectivity index (χ1n) is 7.17. The highest BCUT2D eigenvalue weighted by atomic mass is 16.1. The molecular formula is C17H21NO. The van der Waals surface area contributed by atoms with E-state index in [2.05, 4.69) is 11.2 Å². The second kappa shape index (κ2) is 6.99. The van der Waals surface area contributed by atoms with E-state index < -0.39 is 0 Å². The standard InChI is InChI=1S/C17H21NO/c1-2-14-9-8-12-16(13-14)18-17(19)15-10-6-4-3-5-7-11-15/h1,8-9,12-13,15H,3-7,10-11H2,(H,18,19). The third kappa shape index (κ3) is 4.13.